The number of nitrogens with zero attached hydrogens (tertiary/aromatic N) is 2. The number of amides is 1. The number of benzene rings is 1. The van der Waals surface area contributed by atoms with Crippen molar-refractivity contribution in [3.05, 3.63) is 77.9 Å². The van der Waals surface area contributed by atoms with Gasteiger partial charge in [-0.15, -0.1) is 11.8 Å². The van der Waals surface area contributed by atoms with Crippen LogP contribution in [0.2, 0.25) is 0 Å². The summed E-state index contributed by atoms with van der Waals surface area (Å²) in [6, 6.07) is 15.5. The summed E-state index contributed by atoms with van der Waals surface area (Å²) in [6.45, 7) is 0.659. The molecule has 1 aromatic heterocycles. The monoisotopic (exact) mass is 322 g/mol. The number of hydrogen-bond acceptors (Lipinski definition) is 3. The van der Waals surface area contributed by atoms with Gasteiger partial charge in [-0.1, -0.05) is 42.5 Å². The first kappa shape index (κ1) is 15.6. The van der Waals surface area contributed by atoms with Crippen molar-refractivity contribution in [2.75, 3.05) is 11.4 Å². The summed E-state index contributed by atoms with van der Waals surface area (Å²) >= 11 is 1.77. The fourth-order valence-corrected chi connectivity index (χ4v) is 3.28. The number of anilines is 1. The minimum absolute atomic E-state index is 0.0416. The first-order valence-electron chi connectivity index (χ1n) is 7.59. The molecule has 0 fully saturated rings. The normalized spacial score (nSPS) is 16.8. The summed E-state index contributed by atoms with van der Waals surface area (Å²) in [5.41, 5.74) is 1.01. The van der Waals surface area contributed by atoms with Gasteiger partial charge < -0.3 is 0 Å². The van der Waals surface area contributed by atoms with Crippen molar-refractivity contribution in [3.63, 3.8) is 0 Å². The average molecular weight is 322 g/mol. The van der Waals surface area contributed by atoms with Crippen LogP contribution in [0.25, 0.3) is 6.08 Å². The Bertz CT molecular complexity index is 690. The van der Waals surface area contributed by atoms with Gasteiger partial charge in [-0.25, -0.2) is 4.98 Å². The molecule has 0 bridgehead atoms. The second-order valence-corrected chi connectivity index (χ2v) is 6.46. The Kier molecular flexibility index (Phi) is 5.27. The van der Waals surface area contributed by atoms with Gasteiger partial charge in [0.2, 0.25) is 0 Å². The van der Waals surface area contributed by atoms with Gasteiger partial charge in [-0.2, -0.15) is 0 Å². The molecule has 0 radical (unpaired) electrons. The number of rotatable bonds is 5. The lowest BCUT2D eigenvalue weighted by molar-refractivity contribution is -0.114. The van der Waals surface area contributed by atoms with E-state index >= 15 is 0 Å². The molecule has 2 heterocycles. The Labute approximate surface area is 140 Å². The van der Waals surface area contributed by atoms with Crippen LogP contribution < -0.4 is 4.90 Å². The van der Waals surface area contributed by atoms with E-state index < -0.39 is 0 Å². The first-order valence-corrected chi connectivity index (χ1v) is 8.53. The SMILES string of the molecule is O=C(/C=C/c1ccccc1)N(CC1CC=CS1)c1ccccn1. The Morgan fingerprint density at radius 3 is 2.74 bits per heavy atom. The largest absolute Gasteiger partial charge is 0.292 e. The molecular formula is C19H18N2OS. The van der Waals surface area contributed by atoms with E-state index in [9.17, 15) is 4.79 Å². The highest BCUT2D eigenvalue weighted by molar-refractivity contribution is 8.03. The molecule has 116 valence electrons. The van der Waals surface area contributed by atoms with E-state index in [1.54, 1.807) is 28.9 Å². The Balaban J connectivity index is 1.76. The van der Waals surface area contributed by atoms with Crippen LogP contribution in [-0.4, -0.2) is 22.7 Å². The topological polar surface area (TPSA) is 33.2 Å². The van der Waals surface area contributed by atoms with Crippen LogP contribution in [0.3, 0.4) is 0 Å². The summed E-state index contributed by atoms with van der Waals surface area (Å²) in [7, 11) is 0. The van der Waals surface area contributed by atoms with Crippen molar-refractivity contribution in [1.29, 1.82) is 0 Å². The Morgan fingerprint density at radius 1 is 1.22 bits per heavy atom. The van der Waals surface area contributed by atoms with Crippen LogP contribution in [-0.2, 0) is 4.79 Å². The van der Waals surface area contributed by atoms with Gasteiger partial charge in [0.15, 0.2) is 0 Å². The second kappa shape index (κ2) is 7.79. The third-order valence-corrected chi connectivity index (χ3v) is 4.64. The zero-order valence-electron chi connectivity index (χ0n) is 12.7. The van der Waals surface area contributed by atoms with Gasteiger partial charge >= 0.3 is 0 Å². The lowest BCUT2D eigenvalue weighted by atomic mass is 10.2. The average Bonchev–Trinajstić information content (AvgIpc) is 3.12. The predicted molar refractivity (Wildman–Crippen MR) is 97.2 cm³/mol. The van der Waals surface area contributed by atoms with Crippen molar-refractivity contribution in [1.82, 2.24) is 4.98 Å². The fraction of sp³-hybridized carbons (Fsp3) is 0.158. The fourth-order valence-electron chi connectivity index (χ4n) is 2.38. The number of pyridine rings is 1. The van der Waals surface area contributed by atoms with Crippen molar-refractivity contribution in [2.45, 2.75) is 11.7 Å². The van der Waals surface area contributed by atoms with Crippen molar-refractivity contribution >= 4 is 29.6 Å². The van der Waals surface area contributed by atoms with Crippen LogP contribution in [0.4, 0.5) is 5.82 Å². The molecule has 0 saturated heterocycles. The Morgan fingerprint density at radius 2 is 2.04 bits per heavy atom. The molecule has 1 atom stereocenters. The predicted octanol–water partition coefficient (Wildman–Crippen LogP) is 4.15. The van der Waals surface area contributed by atoms with Crippen LogP contribution in [0.15, 0.2) is 72.3 Å². The maximum absolute atomic E-state index is 12.7. The number of hydrogen-bond donors (Lipinski definition) is 0. The maximum Gasteiger partial charge on any atom is 0.252 e. The van der Waals surface area contributed by atoms with Gasteiger partial charge in [-0.3, -0.25) is 9.69 Å². The molecular weight excluding hydrogens is 304 g/mol. The molecule has 0 saturated carbocycles. The van der Waals surface area contributed by atoms with E-state index in [-0.39, 0.29) is 5.91 Å². The summed E-state index contributed by atoms with van der Waals surface area (Å²) in [5.74, 6) is 0.655. The molecule has 1 aromatic carbocycles. The van der Waals surface area contributed by atoms with Crippen molar-refractivity contribution in [3.8, 4) is 0 Å². The molecule has 0 N–H and O–H groups in total. The molecule has 1 unspecified atom stereocenters. The zero-order chi connectivity index (χ0) is 15.9. The van der Waals surface area contributed by atoms with E-state index in [1.165, 1.54) is 0 Å². The quantitative estimate of drug-likeness (QED) is 0.776. The zero-order valence-corrected chi connectivity index (χ0v) is 13.5. The molecule has 3 rings (SSSR count). The number of allylic oxidation sites excluding steroid dienone is 1. The molecule has 1 amide bonds. The number of carbonyl (C=O) groups excluding carboxylic acids is 1. The number of carbonyl (C=O) groups is 1. The van der Waals surface area contributed by atoms with E-state index in [1.807, 2.05) is 54.6 Å². The third kappa shape index (κ3) is 4.33. The van der Waals surface area contributed by atoms with E-state index in [0.717, 1.165) is 12.0 Å². The minimum Gasteiger partial charge on any atom is -0.292 e. The van der Waals surface area contributed by atoms with Crippen LogP contribution >= 0.6 is 11.8 Å². The summed E-state index contributed by atoms with van der Waals surface area (Å²) < 4.78 is 0. The number of aromatic nitrogens is 1. The summed E-state index contributed by atoms with van der Waals surface area (Å²) in [4.78, 5) is 18.8. The highest BCUT2D eigenvalue weighted by atomic mass is 32.2. The number of thioether (sulfide) groups is 1. The van der Waals surface area contributed by atoms with Crippen LogP contribution in [0.1, 0.15) is 12.0 Å². The molecule has 1 aliphatic heterocycles. The van der Waals surface area contributed by atoms with Gasteiger partial charge in [0.05, 0.1) is 0 Å². The summed E-state index contributed by atoms with van der Waals surface area (Å²) in [5, 5.41) is 2.50. The molecule has 23 heavy (non-hydrogen) atoms. The maximum atomic E-state index is 12.7. The minimum atomic E-state index is -0.0416. The molecule has 0 aliphatic carbocycles. The molecule has 4 heteroatoms. The van der Waals surface area contributed by atoms with Gasteiger partial charge in [0.25, 0.3) is 5.91 Å². The van der Waals surface area contributed by atoms with Crippen molar-refractivity contribution < 1.29 is 4.79 Å². The van der Waals surface area contributed by atoms with E-state index in [4.69, 9.17) is 0 Å². The molecule has 3 nitrogen and oxygen atoms in total. The lowest BCUT2D eigenvalue weighted by Crippen LogP contribution is -2.35. The molecule has 0 spiro atoms. The van der Waals surface area contributed by atoms with E-state index in [2.05, 4.69) is 16.5 Å². The molecule has 1 aliphatic rings. The smallest absolute Gasteiger partial charge is 0.252 e. The molecule has 2 aromatic rings. The van der Waals surface area contributed by atoms with Crippen molar-refractivity contribution in [2.24, 2.45) is 0 Å². The summed E-state index contributed by atoms with van der Waals surface area (Å²) in [6.07, 6.45) is 8.33. The van der Waals surface area contributed by atoms with Gasteiger partial charge in [0.1, 0.15) is 5.82 Å². The first-order chi connectivity index (χ1) is 11.3. The second-order valence-electron chi connectivity index (χ2n) is 5.25. The van der Waals surface area contributed by atoms with Gasteiger partial charge in [-0.05, 0) is 35.6 Å². The third-order valence-electron chi connectivity index (χ3n) is 3.56. The van der Waals surface area contributed by atoms with Crippen LogP contribution in [0.5, 0.6) is 0 Å². The van der Waals surface area contributed by atoms with Crippen LogP contribution in [0, 0.1) is 0 Å². The van der Waals surface area contributed by atoms with E-state index in [0.29, 0.717) is 17.6 Å². The highest BCUT2D eigenvalue weighted by Crippen LogP contribution is 2.26. The lowest BCUT2D eigenvalue weighted by Gasteiger charge is -2.23. The highest BCUT2D eigenvalue weighted by Gasteiger charge is 2.21. The van der Waals surface area contributed by atoms with Gasteiger partial charge in [0, 0.05) is 24.1 Å². The standard InChI is InChI=1S/C19H18N2OS/c22-19(12-11-16-7-2-1-3-8-16)21(15-17-9-6-14-23-17)18-10-4-5-13-20-18/h1-8,10-14,17H,9,15H2/b12-11+. The Hall–Kier alpha value is -2.33.